The molecule has 1 aliphatic rings. The lowest BCUT2D eigenvalue weighted by Crippen LogP contribution is -2.41. The maximum absolute atomic E-state index is 13.6. The van der Waals surface area contributed by atoms with Crippen molar-refractivity contribution < 1.29 is 71.1 Å². The van der Waals surface area contributed by atoms with Crippen LogP contribution in [0.25, 0.3) is 6.08 Å². The van der Waals surface area contributed by atoms with Crippen molar-refractivity contribution in [1.29, 1.82) is 0 Å². The molecule has 0 saturated heterocycles. The molecule has 2 rings (SSSR count). The van der Waals surface area contributed by atoms with Gasteiger partial charge in [-0.05, 0) is 37.1 Å². The van der Waals surface area contributed by atoms with Crippen LogP contribution in [0.1, 0.15) is 25.0 Å². The number of hydrogen-bond donors (Lipinski definition) is 0. The van der Waals surface area contributed by atoms with E-state index in [0.29, 0.717) is 0 Å². The summed E-state index contributed by atoms with van der Waals surface area (Å²) >= 11 is 0. The fourth-order valence-electron chi connectivity index (χ4n) is 2.87. The highest BCUT2D eigenvalue weighted by atomic mass is 32.5. The van der Waals surface area contributed by atoms with E-state index in [1.807, 2.05) is 0 Å². The molecule has 0 bridgehead atoms. The van der Waals surface area contributed by atoms with Crippen LogP contribution in [0.5, 0.6) is 5.75 Å². The smallest absolute Gasteiger partial charge is 0.475 e. The first-order valence-electron chi connectivity index (χ1n) is 9.76. The Balaban J connectivity index is 2.28. The number of esters is 1. The first-order valence-corrected chi connectivity index (χ1v) is 11.7. The Hall–Kier alpha value is -3.51. The minimum absolute atomic E-state index is 0.0258. The molecule has 10 nitrogen and oxygen atoms in total. The molecule has 0 N–H and O–H groups in total. The summed E-state index contributed by atoms with van der Waals surface area (Å²) in [7, 11) is -10.3. The molecule has 1 unspecified atom stereocenters. The van der Waals surface area contributed by atoms with Crippen LogP contribution < -0.4 is 4.74 Å². The number of benzene rings is 1. The van der Waals surface area contributed by atoms with Gasteiger partial charge in [-0.1, -0.05) is 26.4 Å². The van der Waals surface area contributed by atoms with Crippen LogP contribution in [0.4, 0.5) is 37.4 Å². The molecule has 0 radical (unpaired) electrons. The summed E-state index contributed by atoms with van der Waals surface area (Å²) in [6.07, 6.45) is -11.4. The Labute approximate surface area is 201 Å². The molecule has 0 aromatic heterocycles. The number of alkyl halides is 3. The van der Waals surface area contributed by atoms with Gasteiger partial charge in [0.05, 0.1) is 5.57 Å². The minimum Gasteiger partial charge on any atom is -0.475 e. The number of aryl methyl sites for hydroxylation is 1. The van der Waals surface area contributed by atoms with Crippen LogP contribution in [-0.2, 0) is 30.3 Å². The third-order valence-corrected chi connectivity index (χ3v) is 5.55. The van der Waals surface area contributed by atoms with E-state index in [4.69, 9.17) is 4.74 Å². The van der Waals surface area contributed by atoms with Crippen LogP contribution >= 0.6 is 10.2 Å². The average molecular weight is 575 g/mol. The van der Waals surface area contributed by atoms with E-state index in [0.717, 1.165) is 6.92 Å². The summed E-state index contributed by atoms with van der Waals surface area (Å²) in [5.74, 6) is -2.67. The van der Waals surface area contributed by atoms with Gasteiger partial charge in [-0.3, -0.25) is 0 Å². The molecule has 0 saturated carbocycles. The Morgan fingerprint density at radius 3 is 2.27 bits per heavy atom. The van der Waals surface area contributed by atoms with E-state index in [2.05, 4.69) is 19.0 Å². The van der Waals surface area contributed by atoms with Crippen molar-refractivity contribution in [2.45, 2.75) is 43.5 Å². The van der Waals surface area contributed by atoms with E-state index in [1.165, 1.54) is 6.92 Å². The van der Waals surface area contributed by atoms with Gasteiger partial charge in [-0.25, -0.2) is 9.59 Å². The summed E-state index contributed by atoms with van der Waals surface area (Å²) in [4.78, 5) is 35.4. The normalized spacial score (nSPS) is 18.1. The summed E-state index contributed by atoms with van der Waals surface area (Å²) in [5.41, 5.74) is -2.94. The standard InChI is InChI=1S/C18H17F8NO9S/c1-3-10-4-12(37(22,23,24,25)26)5-11-6-13(15(18(19,20)21)35-14(10)11)16(28)33-8-34-17(29)32-7-9(2)36-27(30)31/h4-6,9,15H,3,7-8H2,1-2H3/t9?,15-/m0/s1. The Kier molecular flexibility index (Phi) is 7.56. The predicted molar refractivity (Wildman–Crippen MR) is 107 cm³/mol. The Morgan fingerprint density at radius 2 is 1.76 bits per heavy atom. The van der Waals surface area contributed by atoms with Crippen LogP contribution in [0.15, 0.2) is 22.6 Å². The van der Waals surface area contributed by atoms with Gasteiger partial charge in [0.2, 0.25) is 12.9 Å². The average Bonchev–Trinajstić information content (AvgIpc) is 2.73. The van der Waals surface area contributed by atoms with Crippen LogP contribution in [0.2, 0.25) is 0 Å². The molecule has 210 valence electrons. The molecule has 1 heterocycles. The van der Waals surface area contributed by atoms with Crippen LogP contribution in [0, 0.1) is 10.1 Å². The van der Waals surface area contributed by atoms with Crippen molar-refractivity contribution in [3.63, 3.8) is 0 Å². The SMILES string of the molecule is CCc1cc(S(F)(F)(F)(F)F)cc2c1O[C@H](C(F)(F)F)C(C(=O)OCOC(=O)OCC(C)O[N+](=O)[O-])=C2. The van der Waals surface area contributed by atoms with Gasteiger partial charge in [0.15, 0.2) is 0 Å². The van der Waals surface area contributed by atoms with E-state index in [-0.39, 0.29) is 18.2 Å². The third kappa shape index (κ3) is 7.99. The van der Waals surface area contributed by atoms with Crippen molar-refractivity contribution in [3.05, 3.63) is 38.9 Å². The number of carbonyl (C=O) groups excluding carboxylic acids is 2. The summed E-state index contributed by atoms with van der Waals surface area (Å²) in [6.45, 7) is 0.258. The second kappa shape index (κ2) is 9.42. The topological polar surface area (TPSA) is 123 Å². The lowest BCUT2D eigenvalue weighted by Gasteiger charge is -2.41. The quantitative estimate of drug-likeness (QED) is 0.117. The van der Waals surface area contributed by atoms with E-state index in [1.54, 1.807) is 0 Å². The highest BCUT2D eigenvalue weighted by Gasteiger charge is 2.66. The van der Waals surface area contributed by atoms with Gasteiger partial charge < -0.3 is 23.8 Å². The third-order valence-electron chi connectivity index (χ3n) is 4.43. The molecule has 37 heavy (non-hydrogen) atoms. The Bertz CT molecular complexity index is 1120. The fraction of sp³-hybridized carbons (Fsp3) is 0.444. The molecular formula is C18H17F8NO9S. The highest BCUT2D eigenvalue weighted by molar-refractivity contribution is 8.45. The van der Waals surface area contributed by atoms with Gasteiger partial charge >= 0.3 is 28.5 Å². The first-order chi connectivity index (χ1) is 16.6. The number of carbonyl (C=O) groups is 2. The molecule has 0 spiro atoms. The van der Waals surface area contributed by atoms with Crippen molar-refractivity contribution in [3.8, 4) is 5.75 Å². The Morgan fingerprint density at radius 1 is 1.14 bits per heavy atom. The molecular weight excluding hydrogens is 558 g/mol. The molecule has 1 aliphatic heterocycles. The lowest BCUT2D eigenvalue weighted by molar-refractivity contribution is -0.767. The van der Waals surface area contributed by atoms with Gasteiger partial charge in [-0.2, -0.15) is 13.2 Å². The van der Waals surface area contributed by atoms with Gasteiger partial charge in [0, 0.05) is 5.56 Å². The predicted octanol–water partition coefficient (Wildman–Crippen LogP) is 5.86. The van der Waals surface area contributed by atoms with E-state index in [9.17, 15) is 52.3 Å². The van der Waals surface area contributed by atoms with Crippen LogP contribution in [-0.4, -0.2) is 49.0 Å². The minimum atomic E-state index is -10.3. The zero-order valence-electron chi connectivity index (χ0n) is 18.6. The number of hydrogen-bond acceptors (Lipinski definition) is 9. The van der Waals surface area contributed by atoms with Crippen molar-refractivity contribution in [1.82, 2.24) is 0 Å². The maximum atomic E-state index is 13.6. The first kappa shape index (κ1) is 29.7. The summed E-state index contributed by atoms with van der Waals surface area (Å²) in [6, 6.07) is -0.181. The number of rotatable bonds is 9. The van der Waals surface area contributed by atoms with Gasteiger partial charge in [0.25, 0.3) is 5.09 Å². The fourth-order valence-corrected chi connectivity index (χ4v) is 3.59. The number of halogens is 8. The monoisotopic (exact) mass is 575 g/mol. The molecule has 19 heteroatoms. The summed E-state index contributed by atoms with van der Waals surface area (Å²) < 4.78 is 125. The molecule has 0 aliphatic carbocycles. The molecule has 2 atom stereocenters. The van der Waals surface area contributed by atoms with Gasteiger partial charge in [0.1, 0.15) is 23.4 Å². The zero-order valence-corrected chi connectivity index (χ0v) is 19.4. The largest absolute Gasteiger partial charge is 0.511 e. The number of ether oxygens (including phenoxy) is 4. The number of nitrogens with zero attached hydrogens (tertiary/aromatic N) is 1. The molecule has 0 fully saturated rings. The second-order valence-corrected chi connectivity index (χ2v) is 9.77. The van der Waals surface area contributed by atoms with E-state index >= 15 is 0 Å². The molecule has 0 amide bonds. The highest BCUT2D eigenvalue weighted by Crippen LogP contribution is 3.02. The van der Waals surface area contributed by atoms with Crippen molar-refractivity contribution in [2.24, 2.45) is 0 Å². The van der Waals surface area contributed by atoms with Crippen LogP contribution in [0.3, 0.4) is 0 Å². The number of fused-ring (bicyclic) bond motifs is 1. The van der Waals surface area contributed by atoms with Crippen molar-refractivity contribution >= 4 is 28.4 Å². The molecule has 1 aromatic carbocycles. The van der Waals surface area contributed by atoms with E-state index < -0.39 is 93.0 Å². The zero-order chi connectivity index (χ0) is 28.5. The van der Waals surface area contributed by atoms with Crippen molar-refractivity contribution in [2.75, 3.05) is 13.4 Å². The molecule has 1 aromatic rings. The summed E-state index contributed by atoms with van der Waals surface area (Å²) in [5, 5.41) is 8.95. The lowest BCUT2D eigenvalue weighted by atomic mass is 9.98. The van der Waals surface area contributed by atoms with Gasteiger partial charge in [-0.15, -0.1) is 10.1 Å². The second-order valence-electron chi connectivity index (χ2n) is 7.36. The maximum Gasteiger partial charge on any atom is 0.511 e.